The second-order valence-electron chi connectivity index (χ2n) is 6.28. The molecule has 0 bridgehead atoms. The van der Waals surface area contributed by atoms with Crippen molar-refractivity contribution in [2.75, 3.05) is 6.54 Å². The molecule has 154 valence electrons. The molecule has 0 aromatic heterocycles. The molecule has 0 rings (SSSR count). The van der Waals surface area contributed by atoms with Crippen LogP contribution in [0.5, 0.6) is 0 Å². The number of carboxylic acid groups (broad SMARTS) is 2. The summed E-state index contributed by atoms with van der Waals surface area (Å²) in [5.41, 5.74) is 15.8. The van der Waals surface area contributed by atoms with Gasteiger partial charge in [0.05, 0.1) is 12.5 Å². The predicted molar refractivity (Wildman–Crippen MR) is 96.5 cm³/mol. The summed E-state index contributed by atoms with van der Waals surface area (Å²) in [4.78, 5) is 50.1. The first-order valence-electron chi connectivity index (χ1n) is 8.32. The number of nitrogens with one attached hydrogen (secondary N) is 2. The molecule has 2 amide bonds. The molecular weight excluding hydrogens is 360 g/mol. The van der Waals surface area contributed by atoms with Crippen LogP contribution in [-0.4, -0.2) is 64.6 Å². The van der Waals surface area contributed by atoms with E-state index in [-0.39, 0.29) is 24.8 Å². The molecule has 3 atom stereocenters. The molecule has 0 aromatic rings. The molecular formula is C15H28N6O6. The summed E-state index contributed by atoms with van der Waals surface area (Å²) >= 11 is 0. The Kier molecular flexibility index (Phi) is 10.4. The molecule has 0 aliphatic rings. The fraction of sp³-hybridized carbons (Fsp3) is 0.667. The number of aliphatic carboxylic acids is 2. The van der Waals surface area contributed by atoms with E-state index in [4.69, 9.17) is 22.3 Å². The van der Waals surface area contributed by atoms with Gasteiger partial charge in [0.2, 0.25) is 11.8 Å². The molecule has 0 spiro atoms. The van der Waals surface area contributed by atoms with Crippen molar-refractivity contribution in [3.05, 3.63) is 0 Å². The highest BCUT2D eigenvalue weighted by molar-refractivity contribution is 5.93. The van der Waals surface area contributed by atoms with Crippen molar-refractivity contribution in [1.82, 2.24) is 10.6 Å². The first-order chi connectivity index (χ1) is 12.5. The van der Waals surface area contributed by atoms with E-state index in [9.17, 15) is 24.3 Å². The van der Waals surface area contributed by atoms with Crippen molar-refractivity contribution < 1.29 is 29.4 Å². The van der Waals surface area contributed by atoms with E-state index in [2.05, 4.69) is 15.6 Å². The highest BCUT2D eigenvalue weighted by Gasteiger charge is 2.30. The Morgan fingerprint density at radius 3 is 2.07 bits per heavy atom. The van der Waals surface area contributed by atoms with Gasteiger partial charge < -0.3 is 38.0 Å². The Hall–Kier alpha value is -2.89. The standard InChI is InChI=1S/C15H28N6O6/c1-7(2)11(21-12(24)8(16)6-10(22)23)13(25)20-9(14(26)27)4-3-5-19-15(17)18/h7-9,11H,3-6,16H2,1-2H3,(H,20,25)(H,21,24)(H,22,23)(H,26,27)(H4,17,18,19)/t8-,9-,11-/m0/s1. The maximum absolute atomic E-state index is 12.4. The van der Waals surface area contributed by atoms with E-state index >= 15 is 0 Å². The molecule has 0 radical (unpaired) electrons. The average molecular weight is 388 g/mol. The number of amides is 2. The first-order valence-corrected chi connectivity index (χ1v) is 8.32. The molecule has 0 aromatic carbocycles. The SMILES string of the molecule is CC(C)[C@H](NC(=O)[C@@H](N)CC(=O)O)C(=O)N[C@@H](CCCN=C(N)N)C(=O)O. The van der Waals surface area contributed by atoms with Crippen LogP contribution in [0.3, 0.4) is 0 Å². The number of nitrogens with zero attached hydrogens (tertiary/aromatic N) is 1. The second kappa shape index (κ2) is 11.7. The number of hydrogen-bond donors (Lipinski definition) is 7. The van der Waals surface area contributed by atoms with Crippen LogP contribution >= 0.6 is 0 Å². The highest BCUT2D eigenvalue weighted by Crippen LogP contribution is 2.06. The number of carboxylic acids is 2. The Labute approximate surface area is 156 Å². The van der Waals surface area contributed by atoms with E-state index in [0.717, 1.165) is 0 Å². The summed E-state index contributed by atoms with van der Waals surface area (Å²) in [7, 11) is 0. The molecule has 0 saturated carbocycles. The Balaban J connectivity index is 4.91. The third-order valence-electron chi connectivity index (χ3n) is 3.54. The van der Waals surface area contributed by atoms with E-state index in [0.29, 0.717) is 6.42 Å². The van der Waals surface area contributed by atoms with Crippen molar-refractivity contribution in [3.8, 4) is 0 Å². The summed E-state index contributed by atoms with van der Waals surface area (Å²) in [6.07, 6.45) is -0.201. The van der Waals surface area contributed by atoms with Crippen molar-refractivity contribution in [2.24, 2.45) is 28.1 Å². The van der Waals surface area contributed by atoms with Crippen LogP contribution in [0.15, 0.2) is 4.99 Å². The van der Waals surface area contributed by atoms with Crippen molar-refractivity contribution >= 4 is 29.7 Å². The minimum Gasteiger partial charge on any atom is -0.481 e. The zero-order valence-corrected chi connectivity index (χ0v) is 15.3. The Morgan fingerprint density at radius 2 is 1.63 bits per heavy atom. The summed E-state index contributed by atoms with van der Waals surface area (Å²) in [6, 6.07) is -3.60. The number of hydrogen-bond acceptors (Lipinski definition) is 6. The fourth-order valence-corrected chi connectivity index (χ4v) is 2.10. The highest BCUT2D eigenvalue weighted by atomic mass is 16.4. The summed E-state index contributed by atoms with van der Waals surface area (Å²) in [6.45, 7) is 3.49. The van der Waals surface area contributed by atoms with Crippen molar-refractivity contribution in [1.29, 1.82) is 0 Å². The molecule has 27 heavy (non-hydrogen) atoms. The van der Waals surface area contributed by atoms with Crippen molar-refractivity contribution in [3.63, 3.8) is 0 Å². The van der Waals surface area contributed by atoms with Gasteiger partial charge in [0, 0.05) is 6.54 Å². The van der Waals surface area contributed by atoms with Crippen LogP contribution in [0.1, 0.15) is 33.1 Å². The van der Waals surface area contributed by atoms with E-state index in [1.807, 2.05) is 0 Å². The molecule has 10 N–H and O–H groups in total. The van der Waals surface area contributed by atoms with Gasteiger partial charge in [-0.05, 0) is 18.8 Å². The van der Waals surface area contributed by atoms with Gasteiger partial charge in [0.25, 0.3) is 0 Å². The lowest BCUT2D eigenvalue weighted by atomic mass is 10.0. The number of aliphatic imine (C=N–C) groups is 1. The van der Waals surface area contributed by atoms with Gasteiger partial charge in [-0.3, -0.25) is 19.4 Å². The minimum atomic E-state index is -1.33. The summed E-state index contributed by atoms with van der Waals surface area (Å²) in [5, 5.41) is 22.6. The van der Waals surface area contributed by atoms with Crippen LogP contribution in [0.4, 0.5) is 0 Å². The van der Waals surface area contributed by atoms with E-state index < -0.39 is 48.3 Å². The molecule has 0 saturated heterocycles. The quantitative estimate of drug-likeness (QED) is 0.107. The van der Waals surface area contributed by atoms with Crippen LogP contribution in [0, 0.1) is 5.92 Å². The maximum Gasteiger partial charge on any atom is 0.326 e. The predicted octanol–water partition coefficient (Wildman–Crippen LogP) is -2.45. The molecule has 0 heterocycles. The number of carbonyl (C=O) groups excluding carboxylic acids is 2. The largest absolute Gasteiger partial charge is 0.481 e. The lowest BCUT2D eigenvalue weighted by Gasteiger charge is -2.25. The fourth-order valence-electron chi connectivity index (χ4n) is 2.10. The van der Waals surface area contributed by atoms with E-state index in [1.54, 1.807) is 13.8 Å². The van der Waals surface area contributed by atoms with Gasteiger partial charge in [0.15, 0.2) is 5.96 Å². The second-order valence-corrected chi connectivity index (χ2v) is 6.28. The van der Waals surface area contributed by atoms with Gasteiger partial charge >= 0.3 is 11.9 Å². The van der Waals surface area contributed by atoms with Gasteiger partial charge in [-0.1, -0.05) is 13.8 Å². The molecule has 12 heteroatoms. The summed E-state index contributed by atoms with van der Waals surface area (Å²) in [5.74, 6) is -4.53. The molecule has 0 aliphatic carbocycles. The lowest BCUT2D eigenvalue weighted by Crippen LogP contribution is -2.56. The van der Waals surface area contributed by atoms with Crippen LogP contribution < -0.4 is 27.8 Å². The van der Waals surface area contributed by atoms with Crippen LogP contribution in [0.25, 0.3) is 0 Å². The van der Waals surface area contributed by atoms with Gasteiger partial charge in [-0.25, -0.2) is 4.79 Å². The zero-order chi connectivity index (χ0) is 21.1. The lowest BCUT2D eigenvalue weighted by molar-refractivity contribution is -0.143. The Morgan fingerprint density at radius 1 is 1.04 bits per heavy atom. The smallest absolute Gasteiger partial charge is 0.326 e. The van der Waals surface area contributed by atoms with Crippen LogP contribution in [0.2, 0.25) is 0 Å². The average Bonchev–Trinajstić information content (AvgIpc) is 2.53. The van der Waals surface area contributed by atoms with Crippen molar-refractivity contribution in [2.45, 2.75) is 51.2 Å². The monoisotopic (exact) mass is 388 g/mol. The third kappa shape index (κ3) is 9.99. The Bertz CT molecular complexity index is 575. The van der Waals surface area contributed by atoms with Gasteiger partial charge in [-0.15, -0.1) is 0 Å². The number of nitrogens with two attached hydrogens (primary N) is 3. The molecule has 12 nitrogen and oxygen atoms in total. The zero-order valence-electron chi connectivity index (χ0n) is 15.3. The summed E-state index contributed by atoms with van der Waals surface area (Å²) < 4.78 is 0. The maximum atomic E-state index is 12.4. The number of carbonyl (C=O) groups is 4. The molecule has 0 unspecified atom stereocenters. The van der Waals surface area contributed by atoms with Gasteiger partial charge in [0.1, 0.15) is 12.1 Å². The van der Waals surface area contributed by atoms with Crippen LogP contribution in [-0.2, 0) is 19.2 Å². The normalized spacial score (nSPS) is 13.9. The topological polar surface area (TPSA) is 223 Å². The first kappa shape index (κ1) is 24.1. The van der Waals surface area contributed by atoms with E-state index in [1.165, 1.54) is 0 Å². The van der Waals surface area contributed by atoms with Gasteiger partial charge in [-0.2, -0.15) is 0 Å². The number of rotatable bonds is 12. The third-order valence-corrected chi connectivity index (χ3v) is 3.54. The number of guanidine groups is 1. The molecule has 0 fully saturated rings. The molecule has 0 aliphatic heterocycles. The minimum absolute atomic E-state index is 0.0785.